The first-order valence-corrected chi connectivity index (χ1v) is 16.8. The molecule has 224 valence electrons. The molecule has 4 aliphatic rings. The van der Waals surface area contributed by atoms with E-state index in [1.54, 1.807) is 43.1 Å². The van der Waals surface area contributed by atoms with Crippen LogP contribution in [0.1, 0.15) is 33.9 Å². The maximum absolute atomic E-state index is 14.1. The summed E-state index contributed by atoms with van der Waals surface area (Å²) in [6.07, 6.45) is 0.807. The van der Waals surface area contributed by atoms with Crippen LogP contribution >= 0.6 is 34.7 Å². The molecule has 1 N–H and O–H groups in total. The van der Waals surface area contributed by atoms with Crippen LogP contribution in [0.4, 0.5) is 5.69 Å². The fourth-order valence-corrected chi connectivity index (χ4v) is 11.2. The number of imide groups is 1. The number of carbonyl (C=O) groups is 2. The largest absolute Gasteiger partial charge is 0.497 e. The normalized spacial score (nSPS) is 28.2. The Morgan fingerprint density at radius 1 is 0.977 bits per heavy atom. The topological polar surface area (TPSA) is 88.7 Å². The molecule has 1 saturated heterocycles. The summed E-state index contributed by atoms with van der Waals surface area (Å²) in [5.41, 5.74) is 3.74. The van der Waals surface area contributed by atoms with E-state index >= 15 is 0 Å². The van der Waals surface area contributed by atoms with E-state index in [0.29, 0.717) is 28.8 Å². The summed E-state index contributed by atoms with van der Waals surface area (Å²) < 4.78 is 11.8. The highest BCUT2D eigenvalue weighted by Gasteiger charge is 2.69. The van der Waals surface area contributed by atoms with Gasteiger partial charge in [-0.2, -0.15) is 0 Å². The molecule has 44 heavy (non-hydrogen) atoms. The molecular weight excluding hydrogens is 616 g/mol. The van der Waals surface area contributed by atoms with Crippen molar-refractivity contribution in [3.63, 3.8) is 0 Å². The number of fused-ring (bicyclic) bond motifs is 9. The van der Waals surface area contributed by atoms with E-state index in [2.05, 4.69) is 24.0 Å². The van der Waals surface area contributed by atoms with Gasteiger partial charge >= 0.3 is 4.87 Å². The summed E-state index contributed by atoms with van der Waals surface area (Å²) in [4.78, 5) is 46.1. The molecule has 2 aliphatic carbocycles. The summed E-state index contributed by atoms with van der Waals surface area (Å²) in [6.45, 7) is 2.46. The van der Waals surface area contributed by atoms with Crippen LogP contribution in [0.15, 0.2) is 76.6 Å². The second-order valence-electron chi connectivity index (χ2n) is 12.1. The minimum Gasteiger partial charge on any atom is -0.497 e. The standard InChI is InChI=1S/C34H29ClN2O5S2/c1-16-5-3-4-6-17(16)15-42-24-12-7-18(35)13-21(24)25-26-22-14-23(29(26)43-31-30(25)44-34(40)36-31)28-27(22)32(38)37(33(28)39)19-8-10-20(41-2)11-9-19/h3-13,22-23,25-29H,14-15H2,1-2H3,(H,36,40)/t22-,23-,25?,26?,27?,28?,29?/m1/s1. The summed E-state index contributed by atoms with van der Waals surface area (Å²) in [6, 6.07) is 20.9. The Kier molecular flexibility index (Phi) is 6.70. The van der Waals surface area contributed by atoms with Gasteiger partial charge in [0, 0.05) is 26.6 Å². The molecule has 4 aromatic rings. The van der Waals surface area contributed by atoms with Crippen molar-refractivity contribution >= 4 is 52.2 Å². The van der Waals surface area contributed by atoms with Crippen molar-refractivity contribution in [3.8, 4) is 11.5 Å². The highest BCUT2D eigenvalue weighted by molar-refractivity contribution is 8.00. The molecule has 0 radical (unpaired) electrons. The fourth-order valence-electron chi connectivity index (χ4n) is 8.17. The number of aromatic nitrogens is 1. The second kappa shape index (κ2) is 10.5. The maximum atomic E-state index is 14.1. The van der Waals surface area contributed by atoms with Gasteiger partial charge in [-0.25, -0.2) is 0 Å². The van der Waals surface area contributed by atoms with Crippen LogP contribution in [-0.2, 0) is 16.2 Å². The predicted molar refractivity (Wildman–Crippen MR) is 171 cm³/mol. The van der Waals surface area contributed by atoms with Gasteiger partial charge in [0.2, 0.25) is 11.8 Å². The number of aromatic amines is 1. The van der Waals surface area contributed by atoms with Gasteiger partial charge in [-0.05, 0) is 84.7 Å². The smallest absolute Gasteiger partial charge is 0.305 e. The maximum Gasteiger partial charge on any atom is 0.305 e. The molecule has 10 heteroatoms. The molecule has 1 aromatic heterocycles. The Labute approximate surface area is 267 Å². The third kappa shape index (κ3) is 4.19. The molecular formula is C34H29ClN2O5S2. The summed E-state index contributed by atoms with van der Waals surface area (Å²) >= 11 is 9.52. The first-order valence-electron chi connectivity index (χ1n) is 14.7. The lowest BCUT2D eigenvalue weighted by molar-refractivity contribution is -0.123. The van der Waals surface area contributed by atoms with Crippen molar-refractivity contribution in [1.82, 2.24) is 4.98 Å². The van der Waals surface area contributed by atoms with Crippen molar-refractivity contribution in [1.29, 1.82) is 0 Å². The van der Waals surface area contributed by atoms with Crippen LogP contribution in [0.3, 0.4) is 0 Å². The quantitative estimate of drug-likeness (QED) is 0.236. The molecule has 5 unspecified atom stereocenters. The fraction of sp³-hybridized carbons (Fsp3) is 0.324. The van der Waals surface area contributed by atoms with E-state index < -0.39 is 5.92 Å². The van der Waals surface area contributed by atoms with Crippen molar-refractivity contribution in [2.24, 2.45) is 29.6 Å². The van der Waals surface area contributed by atoms with Gasteiger partial charge in [-0.1, -0.05) is 47.2 Å². The van der Waals surface area contributed by atoms with E-state index in [0.717, 1.165) is 33.0 Å². The Morgan fingerprint density at radius 3 is 2.48 bits per heavy atom. The molecule has 2 bridgehead atoms. The number of hydrogen-bond donors (Lipinski definition) is 1. The number of halogens is 1. The number of ether oxygens (including phenoxy) is 2. The van der Waals surface area contributed by atoms with Crippen molar-refractivity contribution in [3.05, 3.63) is 103 Å². The number of rotatable bonds is 6. The number of aryl methyl sites for hydroxylation is 1. The van der Waals surface area contributed by atoms with Crippen LogP contribution in [0.2, 0.25) is 5.02 Å². The zero-order valence-electron chi connectivity index (χ0n) is 24.0. The Bertz CT molecular complexity index is 1870. The Hall–Kier alpha value is -3.53. The number of nitrogens with zero attached hydrogens (tertiary/aromatic N) is 1. The number of hydrogen-bond acceptors (Lipinski definition) is 7. The summed E-state index contributed by atoms with van der Waals surface area (Å²) in [5.74, 6) is 0.219. The van der Waals surface area contributed by atoms with E-state index in [1.807, 2.05) is 30.3 Å². The molecule has 3 fully saturated rings. The number of H-pyrrole nitrogens is 1. The van der Waals surface area contributed by atoms with E-state index in [4.69, 9.17) is 21.1 Å². The SMILES string of the molecule is COc1ccc(N2C(=O)C3C(C2=O)[C@@H]2C[C@H]3C3Sc4[nH]c(=O)sc4C(c4cc(Cl)ccc4OCc4ccccc4C)C32)cc1. The van der Waals surface area contributed by atoms with E-state index in [-0.39, 0.29) is 51.5 Å². The lowest BCUT2D eigenvalue weighted by Crippen LogP contribution is -2.42. The van der Waals surface area contributed by atoms with Crippen molar-refractivity contribution in [2.45, 2.75) is 36.1 Å². The van der Waals surface area contributed by atoms with E-state index in [9.17, 15) is 14.4 Å². The molecule has 8 rings (SSSR count). The number of amides is 2. The zero-order chi connectivity index (χ0) is 30.3. The first-order chi connectivity index (χ1) is 21.3. The minimum atomic E-state index is -0.397. The third-order valence-corrected chi connectivity index (χ3v) is 12.8. The van der Waals surface area contributed by atoms with Crippen LogP contribution in [0.5, 0.6) is 11.5 Å². The molecule has 7 nitrogen and oxygen atoms in total. The molecule has 3 aromatic carbocycles. The van der Waals surface area contributed by atoms with Gasteiger partial charge in [-0.3, -0.25) is 19.3 Å². The van der Waals surface area contributed by atoms with Gasteiger partial charge in [0.15, 0.2) is 0 Å². The second-order valence-corrected chi connectivity index (χ2v) is 14.7. The Balaban J connectivity index is 1.19. The zero-order valence-corrected chi connectivity index (χ0v) is 26.4. The van der Waals surface area contributed by atoms with Crippen LogP contribution < -0.4 is 19.2 Å². The molecule has 2 amide bonds. The highest BCUT2D eigenvalue weighted by Crippen LogP contribution is 2.69. The molecule has 7 atom stereocenters. The number of benzene rings is 3. The Morgan fingerprint density at radius 2 is 1.73 bits per heavy atom. The van der Waals surface area contributed by atoms with Gasteiger partial charge < -0.3 is 14.5 Å². The van der Waals surface area contributed by atoms with Crippen molar-refractivity contribution in [2.75, 3.05) is 12.0 Å². The van der Waals surface area contributed by atoms with Gasteiger partial charge in [0.1, 0.15) is 18.1 Å². The van der Waals surface area contributed by atoms with Crippen LogP contribution in [0, 0.1) is 36.5 Å². The first kappa shape index (κ1) is 28.0. The number of thioether (sulfide) groups is 1. The molecule has 2 saturated carbocycles. The van der Waals surface area contributed by atoms with Crippen molar-refractivity contribution < 1.29 is 19.1 Å². The monoisotopic (exact) mass is 644 g/mol. The number of methoxy groups -OCH3 is 1. The molecule has 0 spiro atoms. The average molecular weight is 645 g/mol. The van der Waals surface area contributed by atoms with Crippen LogP contribution in [-0.4, -0.2) is 29.2 Å². The molecule has 2 aliphatic heterocycles. The van der Waals surface area contributed by atoms with Crippen LogP contribution in [0.25, 0.3) is 0 Å². The van der Waals surface area contributed by atoms with Gasteiger partial charge in [-0.15, -0.1) is 11.8 Å². The minimum absolute atomic E-state index is 0.0132. The lowest BCUT2D eigenvalue weighted by Gasteiger charge is -2.43. The van der Waals surface area contributed by atoms with Gasteiger partial charge in [0.05, 0.1) is 29.7 Å². The number of nitrogens with one attached hydrogen (secondary N) is 1. The van der Waals surface area contributed by atoms with E-state index in [1.165, 1.54) is 16.2 Å². The third-order valence-electron chi connectivity index (χ3n) is 10.0. The lowest BCUT2D eigenvalue weighted by atomic mass is 9.68. The predicted octanol–water partition coefficient (Wildman–Crippen LogP) is 6.66. The summed E-state index contributed by atoms with van der Waals surface area (Å²) in [7, 11) is 1.59. The number of anilines is 1. The number of carbonyl (C=O) groups excluding carboxylic acids is 2. The number of thiazole rings is 1. The summed E-state index contributed by atoms with van der Waals surface area (Å²) in [5, 5.41) is 1.50. The average Bonchev–Trinajstić information content (AvgIpc) is 3.76. The van der Waals surface area contributed by atoms with Gasteiger partial charge in [0.25, 0.3) is 0 Å². The molecule has 3 heterocycles. The highest BCUT2D eigenvalue weighted by atomic mass is 35.5.